The first kappa shape index (κ1) is 19.8. The second-order valence-electron chi connectivity index (χ2n) is 5.78. The molecule has 0 unspecified atom stereocenters. The molecule has 0 bridgehead atoms. The van der Waals surface area contributed by atoms with Crippen LogP contribution in [0.5, 0.6) is 0 Å². The van der Waals surface area contributed by atoms with Crippen LogP contribution in [0.4, 0.5) is 4.39 Å². The van der Waals surface area contributed by atoms with E-state index in [0.29, 0.717) is 30.2 Å². The highest BCUT2D eigenvalue weighted by molar-refractivity contribution is 7.98. The van der Waals surface area contributed by atoms with Crippen molar-refractivity contribution in [2.24, 2.45) is 4.99 Å². The van der Waals surface area contributed by atoms with Gasteiger partial charge in [0.25, 0.3) is 0 Å². The van der Waals surface area contributed by atoms with Crippen molar-refractivity contribution in [2.45, 2.75) is 31.8 Å². The molecule has 0 aliphatic heterocycles. The minimum atomic E-state index is -0.355. The minimum Gasteiger partial charge on any atom is -0.357 e. The van der Waals surface area contributed by atoms with Gasteiger partial charge in [-0.3, -0.25) is 0 Å². The van der Waals surface area contributed by atoms with E-state index in [1.165, 1.54) is 34.2 Å². The number of rotatable bonds is 6. The maximum Gasteiger partial charge on any atom is 0.191 e. The monoisotopic (exact) mass is 370 g/mol. The molecule has 0 saturated carbocycles. The third-order valence-corrected chi connectivity index (χ3v) is 4.64. The van der Waals surface area contributed by atoms with Gasteiger partial charge in [0.15, 0.2) is 5.96 Å². The van der Waals surface area contributed by atoms with E-state index in [0.717, 1.165) is 0 Å². The van der Waals surface area contributed by atoms with Gasteiger partial charge in [0.05, 0.1) is 18.2 Å². The first-order valence-electron chi connectivity index (χ1n) is 8.41. The van der Waals surface area contributed by atoms with Crippen molar-refractivity contribution in [2.75, 3.05) is 12.8 Å². The second kappa shape index (κ2) is 9.83. The normalized spacial score (nSPS) is 11.1. The summed E-state index contributed by atoms with van der Waals surface area (Å²) in [6, 6.07) is 12.7. The summed E-state index contributed by atoms with van der Waals surface area (Å²) in [5.41, 5.74) is 3.25. The van der Waals surface area contributed by atoms with Gasteiger partial charge in [-0.05, 0) is 55.5 Å². The number of aryl methyl sites for hydroxylation is 1. The summed E-state index contributed by atoms with van der Waals surface area (Å²) < 4.78 is 13.9. The smallest absolute Gasteiger partial charge is 0.191 e. The molecule has 0 heterocycles. The van der Waals surface area contributed by atoms with E-state index in [1.54, 1.807) is 11.8 Å². The molecule has 4 nitrogen and oxygen atoms in total. The van der Waals surface area contributed by atoms with Crippen molar-refractivity contribution in [3.05, 3.63) is 64.5 Å². The number of hydrogen-bond acceptors (Lipinski definition) is 3. The summed E-state index contributed by atoms with van der Waals surface area (Å²) in [5, 5.41) is 15.4. The van der Waals surface area contributed by atoms with E-state index >= 15 is 0 Å². The Morgan fingerprint density at radius 3 is 2.69 bits per heavy atom. The number of halogens is 1. The zero-order chi connectivity index (χ0) is 18.9. The highest BCUT2D eigenvalue weighted by Gasteiger charge is 2.06. The zero-order valence-electron chi connectivity index (χ0n) is 15.3. The van der Waals surface area contributed by atoms with Crippen LogP contribution in [-0.2, 0) is 13.1 Å². The number of nitriles is 1. The third kappa shape index (κ3) is 5.50. The summed E-state index contributed by atoms with van der Waals surface area (Å²) in [7, 11) is 0. The van der Waals surface area contributed by atoms with Gasteiger partial charge in [-0.2, -0.15) is 5.26 Å². The van der Waals surface area contributed by atoms with Gasteiger partial charge in [-0.25, -0.2) is 9.38 Å². The molecule has 0 aliphatic carbocycles. The molecule has 136 valence electrons. The Kier molecular flexibility index (Phi) is 7.49. The molecule has 0 radical (unpaired) electrons. The van der Waals surface area contributed by atoms with Crippen LogP contribution in [0.3, 0.4) is 0 Å². The van der Waals surface area contributed by atoms with Crippen molar-refractivity contribution >= 4 is 17.7 Å². The topological polar surface area (TPSA) is 60.2 Å². The van der Waals surface area contributed by atoms with Crippen molar-refractivity contribution in [1.82, 2.24) is 10.6 Å². The van der Waals surface area contributed by atoms with Crippen molar-refractivity contribution in [3.63, 3.8) is 0 Å². The number of nitrogens with one attached hydrogen (secondary N) is 2. The Morgan fingerprint density at radius 1 is 1.19 bits per heavy atom. The number of thioether (sulfide) groups is 1. The highest BCUT2D eigenvalue weighted by Crippen LogP contribution is 2.21. The molecule has 2 N–H and O–H groups in total. The predicted octanol–water partition coefficient (Wildman–Crippen LogP) is 3.98. The summed E-state index contributed by atoms with van der Waals surface area (Å²) in [6.45, 7) is 5.55. The first-order chi connectivity index (χ1) is 12.6. The van der Waals surface area contributed by atoms with Gasteiger partial charge in [0, 0.05) is 23.5 Å². The number of nitrogens with zero attached hydrogens (tertiary/aromatic N) is 2. The quantitative estimate of drug-likeness (QED) is 0.459. The van der Waals surface area contributed by atoms with Crippen molar-refractivity contribution < 1.29 is 4.39 Å². The minimum absolute atomic E-state index is 0.167. The number of hydrogen-bond donors (Lipinski definition) is 2. The second-order valence-corrected chi connectivity index (χ2v) is 6.63. The van der Waals surface area contributed by atoms with Crippen LogP contribution in [-0.4, -0.2) is 18.8 Å². The largest absolute Gasteiger partial charge is 0.357 e. The molecule has 0 fully saturated rings. The van der Waals surface area contributed by atoms with E-state index in [-0.39, 0.29) is 12.4 Å². The maximum atomic E-state index is 13.9. The van der Waals surface area contributed by atoms with Gasteiger partial charge in [0.2, 0.25) is 0 Å². The Balaban J connectivity index is 2.11. The van der Waals surface area contributed by atoms with Gasteiger partial charge in [0.1, 0.15) is 5.82 Å². The zero-order valence-corrected chi connectivity index (χ0v) is 16.1. The molecule has 0 spiro atoms. The molecule has 2 aromatic rings. The van der Waals surface area contributed by atoms with Gasteiger partial charge in [-0.1, -0.05) is 12.1 Å². The van der Waals surface area contributed by atoms with E-state index < -0.39 is 0 Å². The molecule has 0 amide bonds. The summed E-state index contributed by atoms with van der Waals surface area (Å²) in [5.74, 6) is 0.258. The van der Waals surface area contributed by atoms with Crippen LogP contribution >= 0.6 is 11.8 Å². The molecule has 2 aromatic carbocycles. The third-order valence-electron chi connectivity index (χ3n) is 3.82. The maximum absolute atomic E-state index is 13.9. The molecular formula is C20H23FN4S. The fourth-order valence-electron chi connectivity index (χ4n) is 2.45. The van der Waals surface area contributed by atoms with E-state index in [2.05, 4.69) is 47.0 Å². The molecular weight excluding hydrogens is 347 g/mol. The Labute approximate surface area is 158 Å². The van der Waals surface area contributed by atoms with Gasteiger partial charge in [-0.15, -0.1) is 11.8 Å². The van der Waals surface area contributed by atoms with Crippen molar-refractivity contribution in [1.29, 1.82) is 5.26 Å². The van der Waals surface area contributed by atoms with Gasteiger partial charge >= 0.3 is 0 Å². The molecule has 26 heavy (non-hydrogen) atoms. The lowest BCUT2D eigenvalue weighted by molar-refractivity contribution is 0.610. The fourth-order valence-corrected chi connectivity index (χ4v) is 3.15. The lowest BCUT2D eigenvalue weighted by Gasteiger charge is -2.14. The lowest BCUT2D eigenvalue weighted by Crippen LogP contribution is -2.36. The Hall–Kier alpha value is -2.52. The summed E-state index contributed by atoms with van der Waals surface area (Å²) in [6.07, 6.45) is 2.06. The van der Waals surface area contributed by atoms with Crippen LogP contribution in [0.1, 0.15) is 29.2 Å². The average Bonchev–Trinajstić information content (AvgIpc) is 2.65. The van der Waals surface area contributed by atoms with E-state index in [4.69, 9.17) is 5.26 Å². The number of benzene rings is 2. The van der Waals surface area contributed by atoms with Crippen LogP contribution in [0.2, 0.25) is 0 Å². The van der Waals surface area contributed by atoms with Crippen LogP contribution < -0.4 is 10.6 Å². The molecule has 6 heteroatoms. The predicted molar refractivity (Wildman–Crippen MR) is 106 cm³/mol. The van der Waals surface area contributed by atoms with E-state index in [9.17, 15) is 4.39 Å². The van der Waals surface area contributed by atoms with Crippen LogP contribution in [0, 0.1) is 24.1 Å². The highest BCUT2D eigenvalue weighted by atomic mass is 32.2. The summed E-state index contributed by atoms with van der Waals surface area (Å²) >= 11 is 1.71. The van der Waals surface area contributed by atoms with E-state index in [1.807, 2.05) is 13.0 Å². The lowest BCUT2D eigenvalue weighted by atomic mass is 10.1. The molecule has 0 atom stereocenters. The fraction of sp³-hybridized carbons (Fsp3) is 0.300. The number of guanidine groups is 1. The standard InChI is InChI=1S/C20H23FN4S/c1-4-23-20(24-12-16-7-5-14(2)9-19(16)26-3)25-13-17-10-15(11-22)6-8-18(17)21/h5-10H,4,12-13H2,1-3H3,(H2,23,24,25). The molecule has 2 rings (SSSR count). The first-order valence-corrected chi connectivity index (χ1v) is 9.64. The molecule has 0 aromatic heterocycles. The van der Waals surface area contributed by atoms with Crippen molar-refractivity contribution in [3.8, 4) is 6.07 Å². The van der Waals surface area contributed by atoms with Crippen LogP contribution in [0.15, 0.2) is 46.3 Å². The Bertz CT molecular complexity index is 827. The molecule has 0 saturated heterocycles. The molecule has 0 aliphatic rings. The Morgan fingerprint density at radius 2 is 2.00 bits per heavy atom. The van der Waals surface area contributed by atoms with Gasteiger partial charge < -0.3 is 10.6 Å². The van der Waals surface area contributed by atoms with Crippen LogP contribution in [0.25, 0.3) is 0 Å². The summed E-state index contributed by atoms with van der Waals surface area (Å²) in [4.78, 5) is 5.67. The average molecular weight is 370 g/mol. The number of aliphatic imine (C=N–C) groups is 1. The SMILES string of the molecule is CCNC(=NCc1cc(C#N)ccc1F)NCc1ccc(C)cc1SC.